The summed E-state index contributed by atoms with van der Waals surface area (Å²) in [6.07, 6.45) is -0.253. The Morgan fingerprint density at radius 3 is 2.43 bits per heavy atom. The fourth-order valence-electron chi connectivity index (χ4n) is 2.19. The summed E-state index contributed by atoms with van der Waals surface area (Å²) in [5.74, 6) is -0.823. The summed E-state index contributed by atoms with van der Waals surface area (Å²) in [6.45, 7) is 7.88. The highest BCUT2D eigenvalue weighted by Crippen LogP contribution is 2.26. The molecule has 5 nitrogen and oxygen atoms in total. The van der Waals surface area contributed by atoms with E-state index in [0.29, 0.717) is 17.0 Å². The zero-order valence-electron chi connectivity index (χ0n) is 13.9. The molecule has 1 rings (SSSR count). The van der Waals surface area contributed by atoms with Gasteiger partial charge in [0.25, 0.3) is 0 Å². The molecule has 0 heterocycles. The first-order valence-electron chi connectivity index (χ1n) is 7.58. The lowest BCUT2D eigenvalue weighted by Crippen LogP contribution is -2.22. The minimum atomic E-state index is -0.992. The van der Waals surface area contributed by atoms with Crippen LogP contribution in [-0.4, -0.2) is 30.4 Å². The summed E-state index contributed by atoms with van der Waals surface area (Å²) in [4.78, 5) is 22.8. The SMILES string of the molecule is CCOC(=O)OCC(Cc1cc(Cl)c(C)cc1C(=O)O)C(C)C. The van der Waals surface area contributed by atoms with Crippen LogP contribution in [0.3, 0.4) is 0 Å². The lowest BCUT2D eigenvalue weighted by atomic mass is 9.87. The summed E-state index contributed by atoms with van der Waals surface area (Å²) in [7, 11) is 0. The van der Waals surface area contributed by atoms with Gasteiger partial charge in [-0.2, -0.15) is 0 Å². The molecular formula is C17H23ClO5. The topological polar surface area (TPSA) is 72.8 Å². The Balaban J connectivity index is 2.94. The zero-order chi connectivity index (χ0) is 17.6. The van der Waals surface area contributed by atoms with Crippen LogP contribution in [0.2, 0.25) is 5.02 Å². The predicted molar refractivity (Wildman–Crippen MR) is 88.2 cm³/mol. The van der Waals surface area contributed by atoms with E-state index in [2.05, 4.69) is 0 Å². The second-order valence-corrected chi connectivity index (χ2v) is 6.17. The van der Waals surface area contributed by atoms with Crippen molar-refractivity contribution in [3.8, 4) is 0 Å². The van der Waals surface area contributed by atoms with Crippen molar-refractivity contribution in [2.45, 2.75) is 34.1 Å². The smallest absolute Gasteiger partial charge is 0.478 e. The van der Waals surface area contributed by atoms with E-state index in [9.17, 15) is 14.7 Å². The van der Waals surface area contributed by atoms with Gasteiger partial charge in [0, 0.05) is 5.02 Å². The quantitative estimate of drug-likeness (QED) is 0.746. The van der Waals surface area contributed by atoms with Crippen molar-refractivity contribution < 1.29 is 24.2 Å². The molecule has 1 atom stereocenters. The second kappa shape index (κ2) is 8.77. The molecule has 0 spiro atoms. The number of aromatic carboxylic acids is 1. The maximum atomic E-state index is 11.4. The minimum absolute atomic E-state index is 0.0312. The number of benzene rings is 1. The van der Waals surface area contributed by atoms with E-state index >= 15 is 0 Å². The molecule has 0 aliphatic carbocycles. The van der Waals surface area contributed by atoms with Crippen molar-refractivity contribution >= 4 is 23.7 Å². The van der Waals surface area contributed by atoms with Crippen molar-refractivity contribution in [1.29, 1.82) is 0 Å². The third kappa shape index (κ3) is 5.75. The first-order chi connectivity index (χ1) is 10.8. The molecule has 0 saturated carbocycles. The zero-order valence-corrected chi connectivity index (χ0v) is 14.6. The molecular weight excluding hydrogens is 320 g/mol. The van der Waals surface area contributed by atoms with Crippen molar-refractivity contribution in [3.05, 3.63) is 33.8 Å². The Labute approximate surface area is 141 Å². The van der Waals surface area contributed by atoms with Gasteiger partial charge in [0.05, 0.1) is 18.8 Å². The van der Waals surface area contributed by atoms with Crippen LogP contribution in [0, 0.1) is 18.8 Å². The lowest BCUT2D eigenvalue weighted by molar-refractivity contribution is 0.0417. The maximum Gasteiger partial charge on any atom is 0.508 e. The van der Waals surface area contributed by atoms with Crippen LogP contribution >= 0.6 is 11.6 Å². The van der Waals surface area contributed by atoms with E-state index in [1.165, 1.54) is 0 Å². The van der Waals surface area contributed by atoms with Gasteiger partial charge < -0.3 is 14.6 Å². The molecule has 6 heteroatoms. The number of rotatable bonds is 7. The minimum Gasteiger partial charge on any atom is -0.478 e. The Kier molecular flexibility index (Phi) is 7.36. The Bertz CT molecular complexity index is 568. The molecule has 1 N–H and O–H groups in total. The summed E-state index contributed by atoms with van der Waals surface area (Å²) in [5.41, 5.74) is 1.59. The van der Waals surface area contributed by atoms with E-state index in [-0.39, 0.29) is 30.6 Å². The third-order valence-electron chi connectivity index (χ3n) is 3.72. The first kappa shape index (κ1) is 19.3. The largest absolute Gasteiger partial charge is 0.508 e. The van der Waals surface area contributed by atoms with E-state index in [4.69, 9.17) is 21.1 Å². The number of halogens is 1. The van der Waals surface area contributed by atoms with E-state index < -0.39 is 12.1 Å². The van der Waals surface area contributed by atoms with E-state index in [0.717, 1.165) is 5.56 Å². The van der Waals surface area contributed by atoms with Gasteiger partial charge in [-0.05, 0) is 55.4 Å². The van der Waals surface area contributed by atoms with Gasteiger partial charge >= 0.3 is 12.1 Å². The van der Waals surface area contributed by atoms with Crippen LogP contribution in [0.4, 0.5) is 4.79 Å². The third-order valence-corrected chi connectivity index (χ3v) is 4.12. The number of carbonyl (C=O) groups is 2. The highest BCUT2D eigenvalue weighted by molar-refractivity contribution is 6.31. The van der Waals surface area contributed by atoms with Crippen molar-refractivity contribution in [3.63, 3.8) is 0 Å². The molecule has 0 aromatic heterocycles. The summed E-state index contributed by atoms with van der Waals surface area (Å²) in [5, 5.41) is 9.90. The average Bonchev–Trinajstić information content (AvgIpc) is 2.46. The van der Waals surface area contributed by atoms with Crippen LogP contribution in [-0.2, 0) is 15.9 Å². The number of hydrogen-bond donors (Lipinski definition) is 1. The number of carboxylic acids is 1. The Morgan fingerprint density at radius 1 is 1.26 bits per heavy atom. The van der Waals surface area contributed by atoms with Gasteiger partial charge in [-0.15, -0.1) is 0 Å². The average molecular weight is 343 g/mol. The monoisotopic (exact) mass is 342 g/mol. The fourth-order valence-corrected chi connectivity index (χ4v) is 2.38. The molecule has 1 aromatic rings. The molecule has 0 aliphatic heterocycles. The fraction of sp³-hybridized carbons (Fsp3) is 0.529. The van der Waals surface area contributed by atoms with Gasteiger partial charge in [-0.3, -0.25) is 0 Å². The van der Waals surface area contributed by atoms with Crippen LogP contribution in [0.25, 0.3) is 0 Å². The first-order valence-corrected chi connectivity index (χ1v) is 7.95. The number of ether oxygens (including phenoxy) is 2. The molecule has 0 radical (unpaired) electrons. The van der Waals surface area contributed by atoms with Gasteiger partial charge in [0.2, 0.25) is 0 Å². The molecule has 128 valence electrons. The van der Waals surface area contributed by atoms with E-state index in [1.54, 1.807) is 26.0 Å². The molecule has 23 heavy (non-hydrogen) atoms. The lowest BCUT2D eigenvalue weighted by Gasteiger charge is -2.21. The summed E-state index contributed by atoms with van der Waals surface area (Å²) >= 11 is 6.12. The molecule has 0 saturated heterocycles. The standard InChI is InChI=1S/C17H23ClO5/c1-5-22-17(21)23-9-13(10(2)3)7-12-8-15(18)11(4)6-14(12)16(19)20/h6,8,10,13H,5,7,9H2,1-4H3,(H,19,20). The highest BCUT2D eigenvalue weighted by atomic mass is 35.5. The van der Waals surface area contributed by atoms with Crippen molar-refractivity contribution in [1.82, 2.24) is 0 Å². The molecule has 0 bridgehead atoms. The van der Waals surface area contributed by atoms with Gasteiger partial charge in [0.1, 0.15) is 0 Å². The molecule has 0 aliphatic rings. The van der Waals surface area contributed by atoms with Crippen LogP contribution in [0.5, 0.6) is 0 Å². The van der Waals surface area contributed by atoms with Gasteiger partial charge in [-0.1, -0.05) is 25.4 Å². The molecule has 1 unspecified atom stereocenters. The number of carbonyl (C=O) groups excluding carboxylic acids is 1. The maximum absolute atomic E-state index is 11.4. The van der Waals surface area contributed by atoms with Crippen LogP contribution < -0.4 is 0 Å². The molecule has 0 amide bonds. The Morgan fingerprint density at radius 2 is 1.91 bits per heavy atom. The van der Waals surface area contributed by atoms with Gasteiger partial charge in [0.15, 0.2) is 0 Å². The van der Waals surface area contributed by atoms with Crippen molar-refractivity contribution in [2.75, 3.05) is 13.2 Å². The summed E-state index contributed by atoms with van der Waals surface area (Å²) in [6, 6.07) is 3.25. The van der Waals surface area contributed by atoms with Gasteiger partial charge in [-0.25, -0.2) is 9.59 Å². The van der Waals surface area contributed by atoms with Crippen LogP contribution in [0.15, 0.2) is 12.1 Å². The van der Waals surface area contributed by atoms with Crippen LogP contribution in [0.1, 0.15) is 42.3 Å². The number of carboxylic acid groups (broad SMARTS) is 1. The second-order valence-electron chi connectivity index (χ2n) is 5.77. The Hall–Kier alpha value is -1.75. The normalized spacial score (nSPS) is 12.1. The summed E-state index contributed by atoms with van der Waals surface area (Å²) < 4.78 is 9.83. The number of hydrogen-bond acceptors (Lipinski definition) is 4. The van der Waals surface area contributed by atoms with E-state index in [1.807, 2.05) is 13.8 Å². The highest BCUT2D eigenvalue weighted by Gasteiger charge is 2.21. The predicted octanol–water partition coefficient (Wildman–Crippen LogP) is 4.33. The number of aryl methyl sites for hydroxylation is 1. The molecule has 1 aromatic carbocycles. The molecule has 0 fully saturated rings. The van der Waals surface area contributed by atoms with Crippen molar-refractivity contribution in [2.24, 2.45) is 11.8 Å².